The summed E-state index contributed by atoms with van der Waals surface area (Å²) in [7, 11) is 3.91. The molecule has 0 radical (unpaired) electrons. The first kappa shape index (κ1) is 36.2. The van der Waals surface area contributed by atoms with Crippen molar-refractivity contribution >= 4 is 11.0 Å². The second-order valence-corrected chi connectivity index (χ2v) is 17.1. The SMILES string of the molecule is [2H]c1c([2H])c([2H])c(-c2ccnc(-c3[c-]c(-c4cccc5c4nc(-c4cc(C)cc(C)c4O[CH2-])n5-c4cc(-c5ccccc5)c(C([2H])(C)C)cc4-c4ccccc4)cc(C(C)(C)C)c3)c2)c([2H])c1[2H].[Pt+2]. The van der Waals surface area contributed by atoms with Gasteiger partial charge in [-0.3, -0.25) is 9.55 Å². The van der Waals surface area contributed by atoms with Gasteiger partial charge in [-0.15, -0.1) is 29.3 Å². The zero-order chi connectivity index (χ0) is 48.4. The summed E-state index contributed by atoms with van der Waals surface area (Å²) in [4.78, 5) is 10.4. The first-order valence-corrected chi connectivity index (χ1v) is 20.8. The fourth-order valence-electron chi connectivity index (χ4n) is 8.36. The molecule has 5 heteroatoms. The normalized spacial score (nSPS) is 13.0. The summed E-state index contributed by atoms with van der Waals surface area (Å²) in [6.45, 7) is 14.4. The van der Waals surface area contributed by atoms with Crippen LogP contribution in [0.15, 0.2) is 164 Å². The van der Waals surface area contributed by atoms with E-state index in [-0.39, 0.29) is 44.1 Å². The van der Waals surface area contributed by atoms with Crippen LogP contribution in [0.3, 0.4) is 0 Å². The Hall–Kier alpha value is -6.35. The Balaban J connectivity index is 0.00000642. The van der Waals surface area contributed by atoms with Gasteiger partial charge in [-0.1, -0.05) is 161 Å². The third-order valence-electron chi connectivity index (χ3n) is 11.4. The van der Waals surface area contributed by atoms with Crippen LogP contribution in [0.4, 0.5) is 0 Å². The van der Waals surface area contributed by atoms with Crippen LogP contribution in [0.25, 0.3) is 83.9 Å². The van der Waals surface area contributed by atoms with Crippen LogP contribution in [-0.2, 0) is 26.5 Å². The predicted molar refractivity (Wildman–Crippen MR) is 259 cm³/mol. The van der Waals surface area contributed by atoms with Crippen molar-refractivity contribution in [2.75, 3.05) is 0 Å². The Morgan fingerprint density at radius 2 is 1.38 bits per heavy atom. The van der Waals surface area contributed by atoms with E-state index in [0.717, 1.165) is 77.9 Å². The van der Waals surface area contributed by atoms with Gasteiger partial charge in [0.25, 0.3) is 0 Å². The molecule has 0 aliphatic rings. The Morgan fingerprint density at radius 1 is 0.698 bits per heavy atom. The maximum atomic E-state index is 9.45. The van der Waals surface area contributed by atoms with Crippen LogP contribution in [0.2, 0.25) is 0 Å². The summed E-state index contributed by atoms with van der Waals surface area (Å²) in [5, 5.41) is 0. The number of fused-ring (bicyclic) bond motifs is 1. The van der Waals surface area contributed by atoms with Crippen molar-refractivity contribution < 1.29 is 34.0 Å². The molecular weight excluding hydrogens is 950 g/mol. The number of nitrogens with zero attached hydrogens (tertiary/aromatic N) is 3. The smallest absolute Gasteiger partial charge is 0.665 e. The monoisotopic (exact) mass is 1010 g/mol. The molecule has 0 aliphatic heterocycles. The average Bonchev–Trinajstić information content (AvgIpc) is 3.72. The molecule has 0 saturated carbocycles. The van der Waals surface area contributed by atoms with E-state index in [1.54, 1.807) is 18.3 Å². The fourth-order valence-corrected chi connectivity index (χ4v) is 8.36. The summed E-state index contributed by atoms with van der Waals surface area (Å²) < 4.78 is 59.9. The van der Waals surface area contributed by atoms with Gasteiger partial charge in [-0.25, -0.2) is 4.98 Å². The van der Waals surface area contributed by atoms with E-state index in [9.17, 15) is 1.37 Å². The molecule has 2 aromatic heterocycles. The zero-order valence-electron chi connectivity index (χ0n) is 42.5. The molecule has 0 atom stereocenters. The van der Waals surface area contributed by atoms with Crippen molar-refractivity contribution in [2.24, 2.45) is 0 Å². The third kappa shape index (κ3) is 8.45. The maximum absolute atomic E-state index is 9.45. The van der Waals surface area contributed by atoms with E-state index in [1.165, 1.54) is 0 Å². The minimum atomic E-state index is -0.947. The zero-order valence-corrected chi connectivity index (χ0v) is 38.7. The Bertz CT molecular complexity index is 3400. The summed E-state index contributed by atoms with van der Waals surface area (Å²) in [6.07, 6.45) is 1.60. The molecule has 0 N–H and O–H groups in total. The second-order valence-electron chi connectivity index (χ2n) is 17.1. The molecule has 0 saturated heterocycles. The molecule has 0 unspecified atom stereocenters. The van der Waals surface area contributed by atoms with Crippen molar-refractivity contribution in [3.8, 4) is 78.6 Å². The molecule has 4 nitrogen and oxygen atoms in total. The maximum Gasteiger partial charge on any atom is 2.00 e. The molecule has 314 valence electrons. The number of aromatic nitrogens is 3. The number of imidazole rings is 1. The number of hydrogen-bond acceptors (Lipinski definition) is 3. The Kier molecular flexibility index (Phi) is 10.2. The van der Waals surface area contributed by atoms with Crippen molar-refractivity contribution in [3.63, 3.8) is 0 Å². The Morgan fingerprint density at radius 3 is 2.05 bits per heavy atom. The second kappa shape index (κ2) is 17.8. The first-order valence-electron chi connectivity index (χ1n) is 23.8. The summed E-state index contributed by atoms with van der Waals surface area (Å²) in [5.41, 5.74) is 13.9. The van der Waals surface area contributed by atoms with Gasteiger partial charge in [0.1, 0.15) is 5.82 Å². The summed E-state index contributed by atoms with van der Waals surface area (Å²) in [6, 6.07) is 44.7. The molecule has 0 amide bonds. The van der Waals surface area contributed by atoms with E-state index < -0.39 is 24.0 Å². The first-order chi connectivity index (χ1) is 32.3. The molecule has 0 bridgehead atoms. The summed E-state index contributed by atoms with van der Waals surface area (Å²) in [5.74, 6) is 0.306. The van der Waals surface area contributed by atoms with Gasteiger partial charge in [0, 0.05) is 18.8 Å². The van der Waals surface area contributed by atoms with E-state index in [1.807, 2.05) is 63.2 Å². The van der Waals surface area contributed by atoms with Crippen molar-refractivity contribution in [3.05, 3.63) is 199 Å². The number of hydrogen-bond donors (Lipinski definition) is 0. The van der Waals surface area contributed by atoms with Crippen molar-refractivity contribution in [2.45, 2.75) is 59.8 Å². The van der Waals surface area contributed by atoms with Gasteiger partial charge in [0.2, 0.25) is 0 Å². The molecular formula is C58H51N3OPt. The van der Waals surface area contributed by atoms with Crippen LogP contribution in [0.5, 0.6) is 5.75 Å². The van der Waals surface area contributed by atoms with E-state index in [2.05, 4.69) is 118 Å². The minimum absolute atomic E-state index is 0. The largest absolute Gasteiger partial charge is 2.00 e. The van der Waals surface area contributed by atoms with Gasteiger partial charge in [0.05, 0.1) is 34.9 Å². The van der Waals surface area contributed by atoms with E-state index in [0.29, 0.717) is 28.4 Å². The number of para-hydroxylation sites is 1. The molecule has 9 aromatic rings. The van der Waals surface area contributed by atoms with E-state index in [4.69, 9.17) is 21.6 Å². The number of ether oxygens (including phenoxy) is 1. The standard InChI is InChI=1S/C58H51N3O.Pt/c1-37(2)48-35-50(42-23-16-11-17-24-42)54(36-49(48)41-21-14-10-15-22-41)61-53-26-18-25-47(55(53)60-57(61)51-30-38(3)29-39(4)56(51)62-8)44-31-45(33-46(32-44)58(5,6)7)52-34-43(27-28-59-52)40-19-12-9-13-20-40;/h9-30,32-37H,8H2,1-7H3;/q-2;+2/i9D,12D,13D,19D,20D,37D;. The molecule has 9 rings (SSSR count). The van der Waals surface area contributed by atoms with Crippen LogP contribution < -0.4 is 4.74 Å². The molecule has 0 fully saturated rings. The van der Waals surface area contributed by atoms with E-state index >= 15 is 0 Å². The van der Waals surface area contributed by atoms with Gasteiger partial charge in [0.15, 0.2) is 0 Å². The van der Waals surface area contributed by atoms with Gasteiger partial charge in [-0.05, 0) is 100.0 Å². The molecule has 2 heterocycles. The van der Waals surface area contributed by atoms with Crippen molar-refractivity contribution in [1.82, 2.24) is 14.5 Å². The number of pyridine rings is 1. The topological polar surface area (TPSA) is 39.9 Å². The minimum Gasteiger partial charge on any atom is -0.665 e. The molecule has 0 spiro atoms. The molecule has 0 aliphatic carbocycles. The average molecular weight is 1010 g/mol. The van der Waals surface area contributed by atoms with Gasteiger partial charge >= 0.3 is 21.1 Å². The van der Waals surface area contributed by atoms with Crippen LogP contribution in [0.1, 0.15) is 71.0 Å². The quantitative estimate of drug-likeness (QED) is 0.135. The molecule has 7 aromatic carbocycles. The van der Waals surface area contributed by atoms with Crippen LogP contribution in [-0.4, -0.2) is 14.5 Å². The number of aryl methyl sites for hydroxylation is 2. The van der Waals surface area contributed by atoms with Crippen LogP contribution >= 0.6 is 0 Å². The third-order valence-corrected chi connectivity index (χ3v) is 11.4. The molecule has 63 heavy (non-hydrogen) atoms. The predicted octanol–water partition coefficient (Wildman–Crippen LogP) is 15.4. The van der Waals surface area contributed by atoms with Gasteiger partial charge in [-0.2, -0.15) is 7.11 Å². The van der Waals surface area contributed by atoms with Gasteiger partial charge < -0.3 is 4.74 Å². The Labute approximate surface area is 395 Å². The number of rotatable bonds is 9. The summed E-state index contributed by atoms with van der Waals surface area (Å²) >= 11 is 0. The number of benzene rings is 7. The fraction of sp³-hybridized carbons (Fsp3) is 0.155. The van der Waals surface area contributed by atoms with Crippen molar-refractivity contribution in [1.29, 1.82) is 0 Å². The van der Waals surface area contributed by atoms with Crippen LogP contribution in [0, 0.1) is 27.0 Å².